The second-order valence-electron chi connectivity index (χ2n) is 5.07. The van der Waals surface area contributed by atoms with Crippen LogP contribution in [0.1, 0.15) is 48.9 Å². The van der Waals surface area contributed by atoms with Gasteiger partial charge in [0.25, 0.3) is 5.91 Å². The molecule has 94 valence electrons. The van der Waals surface area contributed by atoms with Crippen LogP contribution in [0.5, 0.6) is 0 Å². The minimum atomic E-state index is -0.0272. The van der Waals surface area contributed by atoms with Crippen molar-refractivity contribution in [3.8, 4) is 0 Å². The van der Waals surface area contributed by atoms with Crippen molar-refractivity contribution >= 4 is 5.91 Å². The van der Waals surface area contributed by atoms with Crippen molar-refractivity contribution in [3.63, 3.8) is 0 Å². The van der Waals surface area contributed by atoms with Gasteiger partial charge in [-0.2, -0.15) is 0 Å². The first-order chi connectivity index (χ1) is 8.09. The molecule has 4 heteroatoms. The fourth-order valence-electron chi connectivity index (χ4n) is 2.67. The van der Waals surface area contributed by atoms with Gasteiger partial charge in [0.2, 0.25) is 0 Å². The van der Waals surface area contributed by atoms with Gasteiger partial charge in [-0.15, -0.1) is 0 Å². The Morgan fingerprint density at radius 2 is 2.18 bits per heavy atom. The number of carbonyl (C=O) groups is 1. The van der Waals surface area contributed by atoms with E-state index in [4.69, 9.17) is 4.52 Å². The summed E-state index contributed by atoms with van der Waals surface area (Å²) in [6.45, 7) is 4.02. The molecule has 0 spiro atoms. The molecule has 1 aliphatic carbocycles. The van der Waals surface area contributed by atoms with Crippen LogP contribution in [0.15, 0.2) is 10.6 Å². The highest BCUT2D eigenvalue weighted by molar-refractivity contribution is 5.92. The molecule has 1 amide bonds. The standard InChI is InChI=1S/C13H20N2O2/c1-9-6-4-5-7-12(9)15(3)13(16)11-8-10(2)17-14-11/h8-9,12H,4-7H2,1-3H3. The van der Waals surface area contributed by atoms with Gasteiger partial charge in [0.1, 0.15) is 5.76 Å². The fraction of sp³-hybridized carbons (Fsp3) is 0.692. The van der Waals surface area contributed by atoms with Gasteiger partial charge >= 0.3 is 0 Å². The zero-order valence-electron chi connectivity index (χ0n) is 10.8. The lowest BCUT2D eigenvalue weighted by molar-refractivity contribution is 0.0618. The molecule has 0 aliphatic heterocycles. The number of carbonyl (C=O) groups excluding carboxylic acids is 1. The van der Waals surface area contributed by atoms with Gasteiger partial charge < -0.3 is 9.42 Å². The largest absolute Gasteiger partial charge is 0.361 e. The Kier molecular flexibility index (Phi) is 3.50. The number of amides is 1. The van der Waals surface area contributed by atoms with Crippen LogP contribution in [-0.2, 0) is 0 Å². The first-order valence-electron chi connectivity index (χ1n) is 6.30. The molecule has 2 rings (SSSR count). The van der Waals surface area contributed by atoms with Gasteiger partial charge in [-0.25, -0.2) is 0 Å². The average Bonchev–Trinajstić information content (AvgIpc) is 2.75. The first kappa shape index (κ1) is 12.1. The maximum absolute atomic E-state index is 12.2. The van der Waals surface area contributed by atoms with E-state index in [1.807, 2.05) is 11.9 Å². The first-order valence-corrected chi connectivity index (χ1v) is 6.30. The summed E-state index contributed by atoms with van der Waals surface area (Å²) in [6, 6.07) is 2.04. The second-order valence-corrected chi connectivity index (χ2v) is 5.07. The molecule has 1 aromatic rings. The molecule has 1 saturated carbocycles. The predicted octanol–water partition coefficient (Wildman–Crippen LogP) is 2.63. The number of hydrogen-bond acceptors (Lipinski definition) is 3. The van der Waals surface area contributed by atoms with Crippen molar-refractivity contribution < 1.29 is 9.32 Å². The molecule has 0 radical (unpaired) electrons. The highest BCUT2D eigenvalue weighted by atomic mass is 16.5. The zero-order valence-corrected chi connectivity index (χ0v) is 10.8. The van der Waals surface area contributed by atoms with Gasteiger partial charge in [-0.05, 0) is 25.7 Å². The lowest BCUT2D eigenvalue weighted by atomic mass is 9.85. The third-order valence-corrected chi connectivity index (χ3v) is 3.73. The van der Waals surface area contributed by atoms with E-state index in [9.17, 15) is 4.79 Å². The molecule has 2 unspecified atom stereocenters. The average molecular weight is 236 g/mol. The van der Waals surface area contributed by atoms with E-state index < -0.39 is 0 Å². The van der Waals surface area contributed by atoms with Crippen LogP contribution in [0.3, 0.4) is 0 Å². The molecule has 17 heavy (non-hydrogen) atoms. The summed E-state index contributed by atoms with van der Waals surface area (Å²) >= 11 is 0. The number of aromatic nitrogens is 1. The Labute approximate surface area is 102 Å². The minimum Gasteiger partial charge on any atom is -0.361 e. The lowest BCUT2D eigenvalue weighted by Gasteiger charge is -2.35. The van der Waals surface area contributed by atoms with Crippen LogP contribution < -0.4 is 0 Å². The van der Waals surface area contributed by atoms with Crippen LogP contribution in [0.4, 0.5) is 0 Å². The topological polar surface area (TPSA) is 46.3 Å². The molecule has 0 N–H and O–H groups in total. The Morgan fingerprint density at radius 1 is 1.47 bits per heavy atom. The summed E-state index contributed by atoms with van der Waals surface area (Å²) in [4.78, 5) is 14.0. The van der Waals surface area contributed by atoms with E-state index in [0.717, 1.165) is 6.42 Å². The quantitative estimate of drug-likeness (QED) is 0.793. The van der Waals surface area contributed by atoms with E-state index in [1.54, 1.807) is 13.0 Å². The third-order valence-electron chi connectivity index (χ3n) is 3.73. The molecule has 1 heterocycles. The summed E-state index contributed by atoms with van der Waals surface area (Å²) in [5.41, 5.74) is 0.419. The molecular weight excluding hydrogens is 216 g/mol. The zero-order chi connectivity index (χ0) is 12.4. The monoisotopic (exact) mass is 236 g/mol. The van der Waals surface area contributed by atoms with Crippen LogP contribution in [0, 0.1) is 12.8 Å². The van der Waals surface area contributed by atoms with Crippen molar-refractivity contribution in [3.05, 3.63) is 17.5 Å². The predicted molar refractivity (Wildman–Crippen MR) is 64.8 cm³/mol. The van der Waals surface area contributed by atoms with Crippen LogP contribution in [0.2, 0.25) is 0 Å². The maximum Gasteiger partial charge on any atom is 0.276 e. The Balaban J connectivity index is 2.08. The lowest BCUT2D eigenvalue weighted by Crippen LogP contribution is -2.42. The number of aryl methyl sites for hydroxylation is 1. The van der Waals surface area contributed by atoms with Crippen LogP contribution >= 0.6 is 0 Å². The van der Waals surface area contributed by atoms with E-state index in [-0.39, 0.29) is 5.91 Å². The normalized spacial score (nSPS) is 24.6. The molecule has 1 fully saturated rings. The van der Waals surface area contributed by atoms with Gasteiger partial charge in [-0.3, -0.25) is 4.79 Å². The van der Waals surface area contributed by atoms with E-state index in [2.05, 4.69) is 12.1 Å². The molecule has 1 aliphatic rings. The Morgan fingerprint density at radius 3 is 2.76 bits per heavy atom. The van der Waals surface area contributed by atoms with Gasteiger partial charge in [0.05, 0.1) is 0 Å². The fourth-order valence-corrected chi connectivity index (χ4v) is 2.67. The smallest absolute Gasteiger partial charge is 0.276 e. The van der Waals surface area contributed by atoms with Gasteiger partial charge in [-0.1, -0.05) is 24.9 Å². The Hall–Kier alpha value is -1.32. The maximum atomic E-state index is 12.2. The van der Waals surface area contributed by atoms with E-state index >= 15 is 0 Å². The number of nitrogens with zero attached hydrogens (tertiary/aromatic N) is 2. The number of hydrogen-bond donors (Lipinski definition) is 0. The molecule has 0 saturated heterocycles. The van der Waals surface area contributed by atoms with E-state index in [1.165, 1.54) is 19.3 Å². The highest BCUT2D eigenvalue weighted by Crippen LogP contribution is 2.28. The van der Waals surface area contributed by atoms with Crippen molar-refractivity contribution in [2.24, 2.45) is 5.92 Å². The van der Waals surface area contributed by atoms with Crippen molar-refractivity contribution in [2.45, 2.75) is 45.6 Å². The summed E-state index contributed by atoms with van der Waals surface area (Å²) in [7, 11) is 1.87. The molecular formula is C13H20N2O2. The molecule has 0 aromatic carbocycles. The van der Waals surface area contributed by atoms with Crippen molar-refractivity contribution in [2.75, 3.05) is 7.05 Å². The third kappa shape index (κ3) is 2.51. The van der Waals surface area contributed by atoms with Crippen molar-refractivity contribution in [1.29, 1.82) is 0 Å². The molecule has 2 atom stereocenters. The van der Waals surface area contributed by atoms with Crippen LogP contribution in [0.25, 0.3) is 0 Å². The molecule has 1 aromatic heterocycles. The summed E-state index contributed by atoms with van der Waals surface area (Å²) < 4.78 is 4.95. The van der Waals surface area contributed by atoms with Crippen LogP contribution in [-0.4, -0.2) is 29.1 Å². The summed E-state index contributed by atoms with van der Waals surface area (Å²) in [5.74, 6) is 1.23. The SMILES string of the molecule is Cc1cc(C(=O)N(C)C2CCCCC2C)no1. The molecule has 4 nitrogen and oxygen atoms in total. The number of rotatable bonds is 2. The van der Waals surface area contributed by atoms with E-state index in [0.29, 0.717) is 23.4 Å². The summed E-state index contributed by atoms with van der Waals surface area (Å²) in [6.07, 6.45) is 4.80. The van der Waals surface area contributed by atoms with Gasteiger partial charge in [0.15, 0.2) is 5.69 Å². The van der Waals surface area contributed by atoms with Gasteiger partial charge in [0, 0.05) is 19.2 Å². The minimum absolute atomic E-state index is 0.0272. The molecule has 0 bridgehead atoms. The Bertz CT molecular complexity index is 400. The highest BCUT2D eigenvalue weighted by Gasteiger charge is 2.29. The summed E-state index contributed by atoms with van der Waals surface area (Å²) in [5, 5.41) is 3.79. The second kappa shape index (κ2) is 4.90. The van der Waals surface area contributed by atoms with Crippen molar-refractivity contribution in [1.82, 2.24) is 10.1 Å².